The fourth-order valence-corrected chi connectivity index (χ4v) is 3.46. The standard InChI is InChI=1S/C19H14Cl2F3NO/c1-3-12-4-5-13(6-11(12)2)17-10-18(26-25-17,19(22,23)24)14-7-15(20)9-16(21)8-14/h3-9H,1,10H2,2H3. The van der Waals surface area contributed by atoms with Crippen molar-refractivity contribution in [1.29, 1.82) is 0 Å². The summed E-state index contributed by atoms with van der Waals surface area (Å²) in [6, 6.07) is 9.01. The van der Waals surface area contributed by atoms with Gasteiger partial charge in [0.1, 0.15) is 0 Å². The van der Waals surface area contributed by atoms with E-state index >= 15 is 0 Å². The van der Waals surface area contributed by atoms with E-state index in [1.165, 1.54) is 18.2 Å². The molecule has 3 rings (SSSR count). The van der Waals surface area contributed by atoms with E-state index in [1.807, 2.05) is 6.92 Å². The minimum Gasteiger partial charge on any atom is -0.374 e. The Bertz CT molecular complexity index is 888. The van der Waals surface area contributed by atoms with Crippen molar-refractivity contribution in [1.82, 2.24) is 0 Å². The molecule has 0 radical (unpaired) electrons. The fraction of sp³-hybridized carbons (Fsp3) is 0.211. The smallest absolute Gasteiger partial charge is 0.374 e. The summed E-state index contributed by atoms with van der Waals surface area (Å²) in [5.74, 6) is 0. The molecule has 0 saturated carbocycles. The molecule has 0 aromatic heterocycles. The molecule has 0 bridgehead atoms. The lowest BCUT2D eigenvalue weighted by atomic mass is 9.86. The minimum atomic E-state index is -4.71. The largest absolute Gasteiger partial charge is 0.435 e. The van der Waals surface area contributed by atoms with Crippen molar-refractivity contribution >= 4 is 35.0 Å². The van der Waals surface area contributed by atoms with Crippen molar-refractivity contribution in [2.24, 2.45) is 5.16 Å². The van der Waals surface area contributed by atoms with Gasteiger partial charge in [0.05, 0.1) is 5.71 Å². The fourth-order valence-electron chi connectivity index (χ4n) is 2.93. The normalized spacial score (nSPS) is 19.8. The Kier molecular flexibility index (Phi) is 4.80. The van der Waals surface area contributed by atoms with Gasteiger partial charge in [0, 0.05) is 22.0 Å². The first kappa shape index (κ1) is 18.8. The number of benzene rings is 2. The van der Waals surface area contributed by atoms with Crippen LogP contribution in [0.5, 0.6) is 0 Å². The lowest BCUT2D eigenvalue weighted by Gasteiger charge is -2.29. The monoisotopic (exact) mass is 399 g/mol. The maximum absolute atomic E-state index is 14.0. The molecular weight excluding hydrogens is 386 g/mol. The maximum Gasteiger partial charge on any atom is 0.435 e. The van der Waals surface area contributed by atoms with Gasteiger partial charge >= 0.3 is 6.18 Å². The number of aryl methyl sites for hydroxylation is 1. The molecule has 1 aliphatic rings. The van der Waals surface area contributed by atoms with Crippen molar-refractivity contribution in [3.05, 3.63) is 75.3 Å². The Morgan fingerprint density at radius 1 is 1.15 bits per heavy atom. The molecule has 1 atom stereocenters. The van der Waals surface area contributed by atoms with Gasteiger partial charge in [0.2, 0.25) is 0 Å². The van der Waals surface area contributed by atoms with Crippen LogP contribution >= 0.6 is 23.2 Å². The average Bonchev–Trinajstić information content (AvgIpc) is 3.00. The van der Waals surface area contributed by atoms with E-state index in [1.54, 1.807) is 24.3 Å². The number of nitrogens with zero attached hydrogens (tertiary/aromatic N) is 1. The zero-order valence-corrected chi connectivity index (χ0v) is 15.2. The number of hydrogen-bond donors (Lipinski definition) is 0. The first-order valence-electron chi connectivity index (χ1n) is 7.68. The van der Waals surface area contributed by atoms with Gasteiger partial charge < -0.3 is 4.84 Å². The van der Waals surface area contributed by atoms with Crippen LogP contribution in [0.1, 0.15) is 28.7 Å². The van der Waals surface area contributed by atoms with Crippen LogP contribution in [0.25, 0.3) is 6.08 Å². The van der Waals surface area contributed by atoms with Crippen LogP contribution in [-0.2, 0) is 10.4 Å². The SMILES string of the molecule is C=Cc1ccc(C2=NOC(c3cc(Cl)cc(Cl)c3)(C(F)(F)F)C2)cc1C. The Morgan fingerprint density at radius 2 is 1.81 bits per heavy atom. The molecule has 2 aromatic rings. The number of halogens is 5. The summed E-state index contributed by atoms with van der Waals surface area (Å²) in [4.78, 5) is 4.99. The van der Waals surface area contributed by atoms with Gasteiger partial charge in [0.15, 0.2) is 0 Å². The lowest BCUT2D eigenvalue weighted by Crippen LogP contribution is -2.42. The second-order valence-electron chi connectivity index (χ2n) is 6.06. The molecule has 2 aromatic carbocycles. The topological polar surface area (TPSA) is 21.6 Å². The molecule has 26 heavy (non-hydrogen) atoms. The average molecular weight is 400 g/mol. The number of rotatable bonds is 3. The molecule has 1 unspecified atom stereocenters. The Morgan fingerprint density at radius 3 is 2.35 bits per heavy atom. The summed E-state index contributed by atoms with van der Waals surface area (Å²) in [7, 11) is 0. The van der Waals surface area contributed by atoms with Crippen LogP contribution in [0.15, 0.2) is 48.1 Å². The quantitative estimate of drug-likeness (QED) is 0.574. The van der Waals surface area contributed by atoms with E-state index in [-0.39, 0.29) is 21.3 Å². The Hall–Kier alpha value is -1.98. The van der Waals surface area contributed by atoms with Crippen molar-refractivity contribution in [3.8, 4) is 0 Å². The summed E-state index contributed by atoms with van der Waals surface area (Å²) >= 11 is 11.8. The summed E-state index contributed by atoms with van der Waals surface area (Å²) in [6.07, 6.45) is -3.50. The van der Waals surface area contributed by atoms with Gasteiger partial charge in [0.25, 0.3) is 5.60 Å². The molecule has 0 aliphatic carbocycles. The second kappa shape index (κ2) is 6.63. The van der Waals surface area contributed by atoms with Crippen molar-refractivity contribution in [2.75, 3.05) is 0 Å². The summed E-state index contributed by atoms with van der Waals surface area (Å²) in [5.41, 5.74) is -0.250. The van der Waals surface area contributed by atoms with Gasteiger partial charge in [-0.3, -0.25) is 0 Å². The first-order valence-corrected chi connectivity index (χ1v) is 8.44. The first-order chi connectivity index (χ1) is 12.2. The third-order valence-corrected chi connectivity index (χ3v) is 4.77. The third kappa shape index (κ3) is 3.21. The van der Waals surface area contributed by atoms with Crippen molar-refractivity contribution in [3.63, 3.8) is 0 Å². The van der Waals surface area contributed by atoms with E-state index in [4.69, 9.17) is 28.0 Å². The van der Waals surface area contributed by atoms with Crippen molar-refractivity contribution < 1.29 is 18.0 Å². The van der Waals surface area contributed by atoms with Crippen molar-refractivity contribution in [2.45, 2.75) is 25.1 Å². The zero-order valence-electron chi connectivity index (χ0n) is 13.7. The van der Waals surface area contributed by atoms with Crippen LogP contribution in [0.3, 0.4) is 0 Å². The van der Waals surface area contributed by atoms with E-state index in [0.29, 0.717) is 5.56 Å². The van der Waals surface area contributed by atoms with Crippen LogP contribution in [0.4, 0.5) is 13.2 Å². The van der Waals surface area contributed by atoms with Crippen LogP contribution < -0.4 is 0 Å². The molecule has 0 N–H and O–H groups in total. The minimum absolute atomic E-state index is 0.0966. The third-order valence-electron chi connectivity index (χ3n) is 4.34. The maximum atomic E-state index is 14.0. The van der Waals surface area contributed by atoms with Gasteiger partial charge in [-0.2, -0.15) is 13.2 Å². The molecule has 0 amide bonds. The molecule has 1 aliphatic heterocycles. The predicted molar refractivity (Wildman–Crippen MR) is 97.7 cm³/mol. The van der Waals surface area contributed by atoms with Gasteiger partial charge in [-0.15, -0.1) is 0 Å². The zero-order chi connectivity index (χ0) is 19.1. The van der Waals surface area contributed by atoms with Gasteiger partial charge in [-0.25, -0.2) is 0 Å². The van der Waals surface area contributed by atoms with E-state index in [0.717, 1.165) is 11.1 Å². The molecule has 2 nitrogen and oxygen atoms in total. The van der Waals surface area contributed by atoms with Crippen LogP contribution in [0, 0.1) is 6.92 Å². The Labute approximate surface area is 158 Å². The lowest BCUT2D eigenvalue weighted by molar-refractivity contribution is -0.275. The molecule has 0 fully saturated rings. The Balaban J connectivity index is 2.03. The van der Waals surface area contributed by atoms with E-state index in [9.17, 15) is 13.2 Å². The predicted octanol–water partition coefficient (Wildman–Crippen LogP) is 6.53. The van der Waals surface area contributed by atoms with Gasteiger partial charge in [-0.05, 0) is 47.9 Å². The second-order valence-corrected chi connectivity index (χ2v) is 6.94. The van der Waals surface area contributed by atoms with E-state index in [2.05, 4.69) is 11.7 Å². The summed E-state index contributed by atoms with van der Waals surface area (Å²) in [5, 5.41) is 3.94. The highest BCUT2D eigenvalue weighted by molar-refractivity contribution is 6.34. The molecule has 7 heteroatoms. The number of alkyl halides is 3. The highest BCUT2D eigenvalue weighted by atomic mass is 35.5. The highest BCUT2D eigenvalue weighted by Gasteiger charge is 2.62. The number of oxime groups is 1. The van der Waals surface area contributed by atoms with Crippen LogP contribution in [0.2, 0.25) is 10.0 Å². The van der Waals surface area contributed by atoms with Gasteiger partial charge in [-0.1, -0.05) is 53.1 Å². The molecule has 1 heterocycles. The molecule has 0 spiro atoms. The molecule has 0 saturated heterocycles. The summed E-state index contributed by atoms with van der Waals surface area (Å²) < 4.78 is 41.9. The molecule has 136 valence electrons. The molecular formula is C19H14Cl2F3NO. The van der Waals surface area contributed by atoms with Crippen LogP contribution in [-0.4, -0.2) is 11.9 Å². The highest BCUT2D eigenvalue weighted by Crippen LogP contribution is 2.49. The van der Waals surface area contributed by atoms with E-state index < -0.39 is 18.2 Å². The summed E-state index contributed by atoms with van der Waals surface area (Å²) in [6.45, 7) is 5.55. The number of hydrogen-bond acceptors (Lipinski definition) is 2.